The van der Waals surface area contributed by atoms with Crippen LogP contribution in [0, 0.1) is 6.92 Å². The van der Waals surface area contributed by atoms with Crippen LogP contribution in [0.4, 0.5) is 24.5 Å². The van der Waals surface area contributed by atoms with Gasteiger partial charge in [-0.2, -0.15) is 18.3 Å². The molecule has 0 aliphatic carbocycles. The van der Waals surface area contributed by atoms with Crippen molar-refractivity contribution < 1.29 is 13.2 Å². The Morgan fingerprint density at radius 2 is 1.89 bits per heavy atom. The van der Waals surface area contributed by atoms with E-state index in [9.17, 15) is 18.0 Å². The van der Waals surface area contributed by atoms with E-state index in [1.165, 1.54) is 12.1 Å². The summed E-state index contributed by atoms with van der Waals surface area (Å²) in [6.07, 6.45) is -4.44. The number of halogens is 3. The van der Waals surface area contributed by atoms with E-state index in [-0.39, 0.29) is 11.4 Å². The molecule has 2 aromatic rings. The molecule has 1 heterocycles. The van der Waals surface area contributed by atoms with E-state index in [2.05, 4.69) is 20.4 Å². The van der Waals surface area contributed by atoms with Gasteiger partial charge in [-0.1, -0.05) is 6.07 Å². The number of azo groups is 1. The van der Waals surface area contributed by atoms with Gasteiger partial charge in [0.05, 0.1) is 16.9 Å². The van der Waals surface area contributed by atoms with Crippen LogP contribution in [-0.2, 0) is 6.18 Å². The van der Waals surface area contributed by atoms with E-state index >= 15 is 0 Å². The van der Waals surface area contributed by atoms with E-state index in [0.717, 1.165) is 12.1 Å². The third-order valence-electron chi connectivity index (χ3n) is 2.37. The Bertz CT molecular complexity index is 669. The van der Waals surface area contributed by atoms with Gasteiger partial charge in [-0.15, -0.1) is 5.11 Å². The minimum Gasteiger partial charge on any atom is -0.300 e. The molecule has 8 heteroatoms. The Kier molecular flexibility index (Phi) is 3.24. The van der Waals surface area contributed by atoms with E-state index in [0.29, 0.717) is 5.69 Å². The van der Waals surface area contributed by atoms with Gasteiger partial charge in [-0.05, 0) is 25.1 Å². The molecule has 2 N–H and O–H groups in total. The third kappa shape index (κ3) is 2.90. The second kappa shape index (κ2) is 4.71. The molecule has 0 atom stereocenters. The first-order valence-electron chi connectivity index (χ1n) is 5.24. The largest absolute Gasteiger partial charge is 0.416 e. The van der Waals surface area contributed by atoms with E-state index in [1.807, 2.05) is 0 Å². The van der Waals surface area contributed by atoms with Gasteiger partial charge in [0.25, 0.3) is 5.56 Å². The summed E-state index contributed by atoms with van der Waals surface area (Å²) in [4.78, 5) is 11.3. The first kappa shape index (κ1) is 13.1. The number of nitrogens with zero attached hydrogens (tertiary/aromatic N) is 2. The van der Waals surface area contributed by atoms with Crippen molar-refractivity contribution in [1.82, 2.24) is 10.2 Å². The number of aromatic amines is 2. The molecule has 5 nitrogen and oxygen atoms in total. The van der Waals surface area contributed by atoms with Crippen LogP contribution in [0.1, 0.15) is 11.3 Å². The maximum Gasteiger partial charge on any atom is 0.416 e. The van der Waals surface area contributed by atoms with Gasteiger partial charge < -0.3 is 5.10 Å². The zero-order valence-electron chi connectivity index (χ0n) is 9.75. The molecule has 0 spiro atoms. The molecule has 2 rings (SSSR count). The van der Waals surface area contributed by atoms with Gasteiger partial charge in [0.2, 0.25) is 0 Å². The predicted molar refractivity (Wildman–Crippen MR) is 61.8 cm³/mol. The van der Waals surface area contributed by atoms with Crippen LogP contribution in [0.5, 0.6) is 0 Å². The van der Waals surface area contributed by atoms with Gasteiger partial charge in [0.1, 0.15) is 0 Å². The van der Waals surface area contributed by atoms with Crippen molar-refractivity contribution in [2.24, 2.45) is 10.2 Å². The van der Waals surface area contributed by atoms with Crippen molar-refractivity contribution in [2.75, 3.05) is 0 Å². The summed E-state index contributed by atoms with van der Waals surface area (Å²) in [7, 11) is 0. The first-order valence-corrected chi connectivity index (χ1v) is 5.24. The quantitative estimate of drug-likeness (QED) is 0.806. The molecular weight excluding hydrogens is 261 g/mol. The van der Waals surface area contributed by atoms with Crippen LogP contribution >= 0.6 is 0 Å². The molecule has 0 radical (unpaired) electrons. The summed E-state index contributed by atoms with van der Waals surface area (Å²) >= 11 is 0. The lowest BCUT2D eigenvalue weighted by atomic mass is 10.2. The fourth-order valence-electron chi connectivity index (χ4n) is 1.41. The number of nitrogens with one attached hydrogen (secondary N) is 2. The SMILES string of the molecule is Cc1[nH][nH]c(=O)c1N=Nc1cccc(C(F)(F)F)c1. The van der Waals surface area contributed by atoms with E-state index in [1.54, 1.807) is 6.92 Å². The molecule has 0 saturated heterocycles. The summed E-state index contributed by atoms with van der Waals surface area (Å²) in [5.74, 6) is 0. The zero-order valence-corrected chi connectivity index (χ0v) is 9.75. The highest BCUT2D eigenvalue weighted by Crippen LogP contribution is 2.31. The number of aryl methyl sites for hydroxylation is 1. The summed E-state index contributed by atoms with van der Waals surface area (Å²) in [6, 6.07) is 4.40. The van der Waals surface area contributed by atoms with Crippen molar-refractivity contribution in [3.05, 3.63) is 45.9 Å². The van der Waals surface area contributed by atoms with Crippen LogP contribution in [-0.4, -0.2) is 10.2 Å². The molecule has 0 bridgehead atoms. The minimum atomic E-state index is -4.44. The lowest BCUT2D eigenvalue weighted by Gasteiger charge is -2.05. The van der Waals surface area contributed by atoms with E-state index in [4.69, 9.17) is 0 Å². The standard InChI is InChI=1S/C11H9F3N4O/c1-6-9(10(19)18-15-6)17-16-8-4-2-3-7(5-8)11(12,13)14/h2-5H,1H3,(H2,15,18,19). The van der Waals surface area contributed by atoms with Crippen LogP contribution in [0.3, 0.4) is 0 Å². The topological polar surface area (TPSA) is 73.4 Å². The smallest absolute Gasteiger partial charge is 0.300 e. The van der Waals surface area contributed by atoms with E-state index < -0.39 is 17.3 Å². The molecule has 0 amide bonds. The Balaban J connectivity index is 2.32. The second-order valence-corrected chi connectivity index (χ2v) is 3.80. The minimum absolute atomic E-state index is 0.0230. The van der Waals surface area contributed by atoms with Crippen molar-refractivity contribution >= 4 is 11.4 Å². The van der Waals surface area contributed by atoms with Crippen LogP contribution in [0.25, 0.3) is 0 Å². The first-order chi connectivity index (χ1) is 8.88. The molecule has 0 fully saturated rings. The summed E-state index contributed by atoms with van der Waals surface area (Å²) in [5.41, 5.74) is -0.773. The van der Waals surface area contributed by atoms with Crippen molar-refractivity contribution in [1.29, 1.82) is 0 Å². The summed E-state index contributed by atoms with van der Waals surface area (Å²) < 4.78 is 37.4. The number of hydrogen-bond donors (Lipinski definition) is 2. The van der Waals surface area contributed by atoms with Crippen molar-refractivity contribution in [3.8, 4) is 0 Å². The third-order valence-corrected chi connectivity index (χ3v) is 2.37. The highest BCUT2D eigenvalue weighted by atomic mass is 19.4. The molecular formula is C11H9F3N4O. The molecule has 1 aromatic carbocycles. The van der Waals surface area contributed by atoms with Crippen LogP contribution in [0.2, 0.25) is 0 Å². The number of rotatable bonds is 2. The normalized spacial score (nSPS) is 12.2. The number of hydrogen-bond acceptors (Lipinski definition) is 3. The van der Waals surface area contributed by atoms with Crippen molar-refractivity contribution in [2.45, 2.75) is 13.1 Å². The number of alkyl halides is 3. The van der Waals surface area contributed by atoms with Crippen molar-refractivity contribution in [3.63, 3.8) is 0 Å². The highest BCUT2D eigenvalue weighted by molar-refractivity contribution is 5.43. The average molecular weight is 270 g/mol. The molecule has 0 unspecified atom stereocenters. The summed E-state index contributed by atoms with van der Waals surface area (Å²) in [6.45, 7) is 1.60. The van der Waals surface area contributed by atoms with Gasteiger partial charge in [-0.3, -0.25) is 9.89 Å². The van der Waals surface area contributed by atoms with Crippen LogP contribution < -0.4 is 5.56 Å². The lowest BCUT2D eigenvalue weighted by molar-refractivity contribution is -0.137. The summed E-state index contributed by atoms with van der Waals surface area (Å²) in [5, 5.41) is 12.1. The molecule has 19 heavy (non-hydrogen) atoms. The fraction of sp³-hybridized carbons (Fsp3) is 0.182. The Morgan fingerprint density at radius 1 is 1.16 bits per heavy atom. The van der Waals surface area contributed by atoms with Gasteiger partial charge >= 0.3 is 6.18 Å². The molecule has 0 aliphatic rings. The number of aromatic nitrogens is 2. The predicted octanol–water partition coefficient (Wildman–Crippen LogP) is 3.45. The molecule has 1 aromatic heterocycles. The maximum absolute atomic E-state index is 12.5. The Labute approximate surface area is 105 Å². The number of benzene rings is 1. The monoisotopic (exact) mass is 270 g/mol. The van der Waals surface area contributed by atoms with Gasteiger partial charge in [-0.25, -0.2) is 0 Å². The molecule has 100 valence electrons. The Morgan fingerprint density at radius 3 is 2.47 bits per heavy atom. The lowest BCUT2D eigenvalue weighted by Crippen LogP contribution is -2.03. The highest BCUT2D eigenvalue weighted by Gasteiger charge is 2.30. The van der Waals surface area contributed by atoms with Gasteiger partial charge in [0, 0.05) is 0 Å². The second-order valence-electron chi connectivity index (χ2n) is 3.80. The Hall–Kier alpha value is -2.38. The number of H-pyrrole nitrogens is 2. The molecule has 0 saturated carbocycles. The average Bonchev–Trinajstić information content (AvgIpc) is 2.66. The van der Waals surface area contributed by atoms with Crippen LogP contribution in [0.15, 0.2) is 39.3 Å². The van der Waals surface area contributed by atoms with Gasteiger partial charge in [0.15, 0.2) is 5.69 Å². The zero-order chi connectivity index (χ0) is 14.0. The fourth-order valence-corrected chi connectivity index (χ4v) is 1.41. The maximum atomic E-state index is 12.5. The molecule has 0 aliphatic heterocycles.